The maximum absolute atomic E-state index is 9.82. The summed E-state index contributed by atoms with van der Waals surface area (Å²) in [6.07, 6.45) is 0. The second kappa shape index (κ2) is 9.48. The molecule has 0 unspecified atom stereocenters. The molecule has 11 heavy (non-hydrogen) atoms. The molecule has 0 aliphatic rings. The minimum Gasteiger partial charge on any atom is -0.480 e. The van der Waals surface area contributed by atoms with Gasteiger partial charge >= 0.3 is 5.97 Å². The van der Waals surface area contributed by atoms with Crippen LogP contribution in [0.1, 0.15) is 0 Å². The molecule has 0 saturated heterocycles. The number of carboxylic acid groups (broad SMARTS) is 1. The summed E-state index contributed by atoms with van der Waals surface area (Å²) in [5.74, 6) is -0.844. The van der Waals surface area contributed by atoms with Crippen LogP contribution in [0.2, 0.25) is 0 Å². The second-order valence-corrected chi connectivity index (χ2v) is 1.41. The molecule has 7 heteroatoms. The van der Waals surface area contributed by atoms with E-state index in [2.05, 4.69) is 4.99 Å². The van der Waals surface area contributed by atoms with E-state index in [1.54, 1.807) is 0 Å². The van der Waals surface area contributed by atoms with Crippen LogP contribution in [0.5, 0.6) is 0 Å². The van der Waals surface area contributed by atoms with Crippen molar-refractivity contribution in [2.24, 2.45) is 16.5 Å². The van der Waals surface area contributed by atoms with Gasteiger partial charge in [0, 0.05) is 0 Å². The lowest BCUT2D eigenvalue weighted by Crippen LogP contribution is -2.24. The van der Waals surface area contributed by atoms with E-state index < -0.39 is 5.97 Å². The van der Waals surface area contributed by atoms with Crippen molar-refractivity contribution >= 4 is 36.6 Å². The van der Waals surface area contributed by atoms with Crippen LogP contribution in [0.25, 0.3) is 0 Å². The summed E-state index contributed by atoms with van der Waals surface area (Å²) in [5, 5.41) is 8.05. The van der Waals surface area contributed by atoms with Gasteiger partial charge in [0.2, 0.25) is 0 Å². The van der Waals surface area contributed by atoms with Gasteiger partial charge in [-0.05, 0) is 0 Å². The first-order chi connectivity index (χ1) is 4.16. The lowest BCUT2D eigenvalue weighted by molar-refractivity contribution is -0.135. The van der Waals surface area contributed by atoms with E-state index >= 15 is 0 Å². The molecule has 0 aromatic rings. The van der Waals surface area contributed by atoms with Gasteiger partial charge in [-0.15, -0.1) is 24.8 Å². The van der Waals surface area contributed by atoms with E-state index in [-0.39, 0.29) is 43.7 Å². The van der Waals surface area contributed by atoms with Crippen molar-refractivity contribution in [2.45, 2.75) is 0 Å². The van der Waals surface area contributed by atoms with Crippen LogP contribution in [0.4, 0.5) is 0 Å². The fourth-order valence-corrected chi connectivity index (χ4v) is 0.234. The van der Waals surface area contributed by atoms with Crippen molar-refractivity contribution < 1.29 is 9.90 Å². The number of rotatable bonds is 3. The standard InChI is InChI=1S/C4H9N3O2.2ClH/c5-1-3(6)7-2-4(8)9;;/h1-2,5H2,(H2,6,7)(H,8,9);2*1H. The molecule has 0 aromatic heterocycles. The number of hydrogen-bond acceptors (Lipinski definition) is 3. The maximum Gasteiger partial charge on any atom is 0.325 e. The Labute approximate surface area is 76.7 Å². The van der Waals surface area contributed by atoms with Crippen LogP contribution in [0.3, 0.4) is 0 Å². The van der Waals surface area contributed by atoms with Crippen LogP contribution >= 0.6 is 24.8 Å². The van der Waals surface area contributed by atoms with E-state index in [4.69, 9.17) is 16.6 Å². The third-order valence-corrected chi connectivity index (χ3v) is 0.627. The summed E-state index contributed by atoms with van der Waals surface area (Å²) < 4.78 is 0. The normalized spacial score (nSPS) is 9.36. The lowest BCUT2D eigenvalue weighted by atomic mass is 10.6. The average molecular weight is 204 g/mol. The van der Waals surface area contributed by atoms with Crippen LogP contribution in [0.15, 0.2) is 4.99 Å². The molecule has 0 fully saturated rings. The quantitative estimate of drug-likeness (QED) is 0.415. The van der Waals surface area contributed by atoms with Gasteiger partial charge in [0.15, 0.2) is 0 Å². The zero-order chi connectivity index (χ0) is 7.28. The Hall–Kier alpha value is -0.520. The molecule has 68 valence electrons. The Morgan fingerprint density at radius 2 is 1.91 bits per heavy atom. The molecule has 0 bridgehead atoms. The van der Waals surface area contributed by atoms with Crippen LogP contribution in [-0.4, -0.2) is 30.0 Å². The highest BCUT2D eigenvalue weighted by atomic mass is 35.5. The zero-order valence-corrected chi connectivity index (χ0v) is 7.32. The molecule has 0 radical (unpaired) electrons. The molecule has 0 rings (SSSR count). The summed E-state index contributed by atoms with van der Waals surface area (Å²) in [6, 6.07) is 0. The molecule has 0 aliphatic heterocycles. The van der Waals surface area contributed by atoms with Gasteiger partial charge in [0.05, 0.1) is 6.54 Å². The van der Waals surface area contributed by atoms with Gasteiger partial charge in [0.1, 0.15) is 12.4 Å². The number of hydrogen-bond donors (Lipinski definition) is 3. The van der Waals surface area contributed by atoms with Crippen molar-refractivity contribution in [3.05, 3.63) is 0 Å². The van der Waals surface area contributed by atoms with Gasteiger partial charge in [-0.2, -0.15) is 0 Å². The Morgan fingerprint density at radius 1 is 1.45 bits per heavy atom. The molecule has 5 nitrogen and oxygen atoms in total. The third kappa shape index (κ3) is 12.6. The molecule has 0 amide bonds. The highest BCUT2D eigenvalue weighted by Gasteiger charge is 1.92. The summed E-state index contributed by atoms with van der Waals surface area (Å²) in [7, 11) is 0. The van der Waals surface area contributed by atoms with Crippen LogP contribution in [0, 0.1) is 0 Å². The van der Waals surface area contributed by atoms with Crippen molar-refractivity contribution in [1.29, 1.82) is 0 Å². The molecule has 0 atom stereocenters. The first-order valence-corrected chi connectivity index (χ1v) is 2.37. The van der Waals surface area contributed by atoms with E-state index in [1.807, 2.05) is 0 Å². The monoisotopic (exact) mass is 203 g/mol. The van der Waals surface area contributed by atoms with Gasteiger partial charge < -0.3 is 16.6 Å². The number of amidine groups is 1. The van der Waals surface area contributed by atoms with Gasteiger partial charge in [-0.25, -0.2) is 0 Å². The predicted molar refractivity (Wildman–Crippen MR) is 47.7 cm³/mol. The largest absolute Gasteiger partial charge is 0.480 e. The van der Waals surface area contributed by atoms with Crippen LogP contribution in [-0.2, 0) is 4.79 Å². The molecule has 5 N–H and O–H groups in total. The Bertz CT molecular complexity index is 139. The number of nitrogens with zero attached hydrogens (tertiary/aromatic N) is 1. The SMILES string of the molecule is Cl.Cl.NCC(N)=NCC(=O)O. The smallest absolute Gasteiger partial charge is 0.325 e. The first-order valence-electron chi connectivity index (χ1n) is 2.37. The topological polar surface area (TPSA) is 102 Å². The zero-order valence-electron chi connectivity index (χ0n) is 5.69. The highest BCUT2D eigenvalue weighted by molar-refractivity contribution is 5.85. The number of nitrogens with two attached hydrogens (primary N) is 2. The lowest BCUT2D eigenvalue weighted by Gasteiger charge is -1.90. The Morgan fingerprint density at radius 3 is 2.18 bits per heavy atom. The van der Waals surface area contributed by atoms with Gasteiger partial charge in [-0.1, -0.05) is 0 Å². The van der Waals surface area contributed by atoms with E-state index in [1.165, 1.54) is 0 Å². The van der Waals surface area contributed by atoms with Crippen molar-refractivity contribution in [3.8, 4) is 0 Å². The van der Waals surface area contributed by atoms with Crippen molar-refractivity contribution in [3.63, 3.8) is 0 Å². The van der Waals surface area contributed by atoms with Crippen molar-refractivity contribution in [1.82, 2.24) is 0 Å². The molecule has 0 aliphatic carbocycles. The van der Waals surface area contributed by atoms with Crippen molar-refractivity contribution in [2.75, 3.05) is 13.1 Å². The van der Waals surface area contributed by atoms with Crippen LogP contribution < -0.4 is 11.5 Å². The third-order valence-electron chi connectivity index (χ3n) is 0.627. The minimum absolute atomic E-state index is 0. The Balaban J connectivity index is -0.000000320. The number of carboxylic acids is 1. The number of carbonyl (C=O) groups is 1. The van der Waals surface area contributed by atoms with E-state index in [0.717, 1.165) is 0 Å². The minimum atomic E-state index is -1.01. The summed E-state index contributed by atoms with van der Waals surface area (Å²) in [4.78, 5) is 13.2. The highest BCUT2D eigenvalue weighted by Crippen LogP contribution is 1.69. The fraction of sp³-hybridized carbons (Fsp3) is 0.500. The molecular formula is C4H11Cl2N3O2. The number of aliphatic imine (C=N–C) groups is 1. The first kappa shape index (κ1) is 16.8. The number of aliphatic carboxylic acids is 1. The molecule has 0 heterocycles. The molecule has 0 aromatic carbocycles. The summed E-state index contributed by atoms with van der Waals surface area (Å²) in [5.41, 5.74) is 10.1. The molecule has 0 saturated carbocycles. The summed E-state index contributed by atoms with van der Waals surface area (Å²) in [6.45, 7) is -0.198. The van der Waals surface area contributed by atoms with Gasteiger partial charge in [-0.3, -0.25) is 9.79 Å². The maximum atomic E-state index is 9.82. The molecule has 0 spiro atoms. The Kier molecular flexibility index (Phi) is 14.5. The second-order valence-electron chi connectivity index (χ2n) is 1.41. The number of halogens is 2. The predicted octanol–water partition coefficient (Wildman–Crippen LogP) is -0.770. The fourth-order valence-electron chi connectivity index (χ4n) is 0.234. The molecular weight excluding hydrogens is 193 g/mol. The summed E-state index contributed by atoms with van der Waals surface area (Å²) >= 11 is 0. The van der Waals surface area contributed by atoms with E-state index in [0.29, 0.717) is 0 Å². The van der Waals surface area contributed by atoms with Gasteiger partial charge in [0.25, 0.3) is 0 Å². The van der Waals surface area contributed by atoms with E-state index in [9.17, 15) is 4.79 Å². The average Bonchev–Trinajstić information content (AvgIpc) is 1.83.